The van der Waals surface area contributed by atoms with Gasteiger partial charge in [-0.15, -0.1) is 0 Å². The highest BCUT2D eigenvalue weighted by Gasteiger charge is 2.10. The number of Topliss-reactive ketones (excluding diaryl/α,β-unsaturated/α-hetero) is 1. The molecule has 0 aliphatic carbocycles. The van der Waals surface area contributed by atoms with Gasteiger partial charge in [-0.25, -0.2) is 0 Å². The second kappa shape index (κ2) is 8.13. The second-order valence-corrected chi connectivity index (χ2v) is 5.80. The predicted octanol–water partition coefficient (Wildman–Crippen LogP) is 4.31. The molecule has 2 aromatic rings. The quantitative estimate of drug-likeness (QED) is 0.476. The van der Waals surface area contributed by atoms with E-state index in [1.54, 1.807) is 42.5 Å². The molecule has 2 aromatic carbocycles. The number of nitriles is 1. The number of carbonyl (C=O) groups is 2. The van der Waals surface area contributed by atoms with Crippen LogP contribution >= 0.6 is 11.6 Å². The Balaban J connectivity index is 2.14. The highest BCUT2D eigenvalue weighted by Crippen LogP contribution is 2.20. The van der Waals surface area contributed by atoms with Crippen LogP contribution in [0, 0.1) is 18.3 Å². The van der Waals surface area contributed by atoms with E-state index in [9.17, 15) is 14.9 Å². The molecule has 5 nitrogen and oxygen atoms in total. The van der Waals surface area contributed by atoms with Crippen LogP contribution in [-0.2, 0) is 4.79 Å². The number of ketones is 1. The molecule has 0 bridgehead atoms. The molecule has 0 heterocycles. The fourth-order valence-electron chi connectivity index (χ4n) is 2.10. The van der Waals surface area contributed by atoms with E-state index in [2.05, 4.69) is 10.6 Å². The molecular formula is C19H16ClN3O2. The molecule has 0 saturated heterocycles. The van der Waals surface area contributed by atoms with Gasteiger partial charge < -0.3 is 10.6 Å². The average Bonchev–Trinajstić information content (AvgIpc) is 2.57. The topological polar surface area (TPSA) is 82.0 Å². The maximum Gasteiger partial charge on any atom is 0.267 e. The van der Waals surface area contributed by atoms with Crippen LogP contribution in [0.5, 0.6) is 0 Å². The Morgan fingerprint density at radius 2 is 1.96 bits per heavy atom. The van der Waals surface area contributed by atoms with Crippen LogP contribution in [0.4, 0.5) is 11.4 Å². The lowest BCUT2D eigenvalue weighted by molar-refractivity contribution is -0.112. The molecule has 0 unspecified atom stereocenters. The smallest absolute Gasteiger partial charge is 0.267 e. The van der Waals surface area contributed by atoms with Crippen LogP contribution < -0.4 is 10.6 Å². The molecule has 0 atom stereocenters. The molecule has 2 N–H and O–H groups in total. The van der Waals surface area contributed by atoms with Crippen molar-refractivity contribution in [3.05, 3.63) is 70.4 Å². The molecule has 1 amide bonds. The normalized spacial score (nSPS) is 10.7. The van der Waals surface area contributed by atoms with Crippen molar-refractivity contribution in [2.45, 2.75) is 13.8 Å². The highest BCUT2D eigenvalue weighted by atomic mass is 35.5. The van der Waals surface area contributed by atoms with E-state index < -0.39 is 5.91 Å². The monoisotopic (exact) mass is 353 g/mol. The zero-order valence-corrected chi connectivity index (χ0v) is 14.5. The standard InChI is InChI=1S/C19H16ClN3O2/c1-12-8-16(20)6-7-18(12)22-11-15(10-21)19(25)23-17-5-3-4-14(9-17)13(2)24/h3-9,11,22H,1-2H3,(H,23,25)/b15-11-. The minimum atomic E-state index is -0.567. The van der Waals surface area contributed by atoms with E-state index in [0.29, 0.717) is 16.3 Å². The van der Waals surface area contributed by atoms with E-state index in [-0.39, 0.29) is 11.4 Å². The van der Waals surface area contributed by atoms with Crippen LogP contribution in [0.25, 0.3) is 0 Å². The third-order valence-corrected chi connectivity index (χ3v) is 3.69. The van der Waals surface area contributed by atoms with E-state index in [1.807, 2.05) is 13.0 Å². The maximum atomic E-state index is 12.2. The molecule has 0 aromatic heterocycles. The van der Waals surface area contributed by atoms with Crippen molar-refractivity contribution in [3.63, 3.8) is 0 Å². The Kier molecular flexibility index (Phi) is 5.93. The van der Waals surface area contributed by atoms with Gasteiger partial charge in [0.15, 0.2) is 5.78 Å². The molecule has 0 aliphatic heterocycles. The summed E-state index contributed by atoms with van der Waals surface area (Å²) in [5.74, 6) is -0.672. The zero-order chi connectivity index (χ0) is 18.4. The Morgan fingerprint density at radius 1 is 1.20 bits per heavy atom. The van der Waals surface area contributed by atoms with Crippen molar-refractivity contribution < 1.29 is 9.59 Å². The number of amides is 1. The molecule has 0 fully saturated rings. The summed E-state index contributed by atoms with van der Waals surface area (Å²) in [5, 5.41) is 15.4. The first-order valence-electron chi connectivity index (χ1n) is 7.46. The van der Waals surface area contributed by atoms with Crippen molar-refractivity contribution in [2.75, 3.05) is 10.6 Å². The van der Waals surface area contributed by atoms with Gasteiger partial charge in [-0.3, -0.25) is 9.59 Å². The van der Waals surface area contributed by atoms with Gasteiger partial charge in [0, 0.05) is 28.2 Å². The Bertz CT molecular complexity index is 898. The van der Waals surface area contributed by atoms with Gasteiger partial charge in [-0.2, -0.15) is 5.26 Å². The minimum absolute atomic E-state index is 0.0948. The van der Waals surface area contributed by atoms with Crippen molar-refractivity contribution >= 4 is 34.7 Å². The third kappa shape index (κ3) is 4.93. The Hall–Kier alpha value is -3.10. The Labute approximate surface area is 150 Å². The van der Waals surface area contributed by atoms with Crippen LogP contribution in [0.2, 0.25) is 5.02 Å². The number of benzene rings is 2. The first-order chi connectivity index (χ1) is 11.9. The molecular weight excluding hydrogens is 338 g/mol. The summed E-state index contributed by atoms with van der Waals surface area (Å²) < 4.78 is 0. The number of anilines is 2. The van der Waals surface area contributed by atoms with Crippen LogP contribution in [0.15, 0.2) is 54.2 Å². The molecule has 0 saturated carbocycles. The lowest BCUT2D eigenvalue weighted by atomic mass is 10.1. The number of nitrogens with one attached hydrogen (secondary N) is 2. The third-order valence-electron chi connectivity index (χ3n) is 3.45. The number of hydrogen-bond donors (Lipinski definition) is 2. The predicted molar refractivity (Wildman–Crippen MR) is 98.6 cm³/mol. The SMILES string of the molecule is CC(=O)c1cccc(NC(=O)/C(C#N)=C\Nc2ccc(Cl)cc2C)c1. The summed E-state index contributed by atoms with van der Waals surface area (Å²) in [4.78, 5) is 23.6. The van der Waals surface area contributed by atoms with Gasteiger partial charge in [0.2, 0.25) is 0 Å². The van der Waals surface area contributed by atoms with Gasteiger partial charge in [0.1, 0.15) is 11.6 Å². The van der Waals surface area contributed by atoms with Gasteiger partial charge in [0.05, 0.1) is 0 Å². The molecule has 126 valence electrons. The van der Waals surface area contributed by atoms with E-state index in [0.717, 1.165) is 11.3 Å². The summed E-state index contributed by atoms with van der Waals surface area (Å²) in [7, 11) is 0. The number of aryl methyl sites for hydroxylation is 1. The van der Waals surface area contributed by atoms with Gasteiger partial charge in [-0.05, 0) is 49.7 Å². The van der Waals surface area contributed by atoms with Crippen molar-refractivity contribution in [1.82, 2.24) is 0 Å². The Morgan fingerprint density at radius 3 is 2.60 bits per heavy atom. The number of rotatable bonds is 5. The lowest BCUT2D eigenvalue weighted by Gasteiger charge is -2.08. The largest absolute Gasteiger partial charge is 0.360 e. The number of hydrogen-bond acceptors (Lipinski definition) is 4. The van der Waals surface area contributed by atoms with E-state index in [1.165, 1.54) is 13.1 Å². The maximum absolute atomic E-state index is 12.2. The summed E-state index contributed by atoms with van der Waals surface area (Å²) in [6, 6.07) is 13.6. The number of nitrogens with zero attached hydrogens (tertiary/aromatic N) is 1. The molecule has 25 heavy (non-hydrogen) atoms. The second-order valence-electron chi connectivity index (χ2n) is 5.36. The summed E-state index contributed by atoms with van der Waals surface area (Å²) in [6.45, 7) is 3.31. The summed E-state index contributed by atoms with van der Waals surface area (Å²) >= 11 is 5.90. The fraction of sp³-hybridized carbons (Fsp3) is 0.105. The summed E-state index contributed by atoms with van der Waals surface area (Å²) in [6.07, 6.45) is 1.33. The first-order valence-corrected chi connectivity index (χ1v) is 7.84. The van der Waals surface area contributed by atoms with Crippen molar-refractivity contribution in [1.29, 1.82) is 5.26 Å². The highest BCUT2D eigenvalue weighted by molar-refractivity contribution is 6.30. The van der Waals surface area contributed by atoms with Gasteiger partial charge >= 0.3 is 0 Å². The van der Waals surface area contributed by atoms with E-state index >= 15 is 0 Å². The van der Waals surface area contributed by atoms with Gasteiger partial charge in [0.25, 0.3) is 5.91 Å². The lowest BCUT2D eigenvalue weighted by Crippen LogP contribution is -2.15. The molecule has 0 aliphatic rings. The van der Waals surface area contributed by atoms with Crippen molar-refractivity contribution in [2.24, 2.45) is 0 Å². The molecule has 2 rings (SSSR count). The molecule has 6 heteroatoms. The molecule has 0 radical (unpaired) electrons. The zero-order valence-electron chi connectivity index (χ0n) is 13.8. The minimum Gasteiger partial charge on any atom is -0.360 e. The van der Waals surface area contributed by atoms with Crippen molar-refractivity contribution in [3.8, 4) is 6.07 Å². The summed E-state index contributed by atoms with van der Waals surface area (Å²) in [5.41, 5.74) is 2.46. The van der Waals surface area contributed by atoms with Crippen LogP contribution in [0.3, 0.4) is 0 Å². The van der Waals surface area contributed by atoms with Crippen LogP contribution in [-0.4, -0.2) is 11.7 Å². The van der Waals surface area contributed by atoms with Crippen LogP contribution in [0.1, 0.15) is 22.8 Å². The fourth-order valence-corrected chi connectivity index (χ4v) is 2.33. The molecule has 0 spiro atoms. The van der Waals surface area contributed by atoms with Gasteiger partial charge in [-0.1, -0.05) is 23.7 Å². The number of carbonyl (C=O) groups excluding carboxylic acids is 2. The first kappa shape index (κ1) is 18.2. The van der Waals surface area contributed by atoms with E-state index in [4.69, 9.17) is 11.6 Å². The number of halogens is 1. The average molecular weight is 354 g/mol.